The van der Waals surface area contributed by atoms with E-state index in [9.17, 15) is 4.39 Å². The predicted octanol–water partition coefficient (Wildman–Crippen LogP) is 5.76. The van der Waals surface area contributed by atoms with E-state index in [1.807, 2.05) is 31.2 Å². The van der Waals surface area contributed by atoms with E-state index in [1.54, 1.807) is 6.07 Å². The Morgan fingerprint density at radius 2 is 1.60 bits per heavy atom. The summed E-state index contributed by atoms with van der Waals surface area (Å²) in [5.41, 5.74) is 1.83. The molecule has 20 heavy (non-hydrogen) atoms. The Bertz CT molecular complexity index is 601. The largest absolute Gasteiger partial charge is 0.304 e. The van der Waals surface area contributed by atoms with Crippen LogP contribution < -0.4 is 5.32 Å². The molecule has 0 radical (unpaired) electrons. The molecule has 2 aromatic rings. The molecule has 2 atom stereocenters. The number of benzene rings is 2. The van der Waals surface area contributed by atoms with Gasteiger partial charge in [0.15, 0.2) is 0 Å². The molecular weight excluding hydrogens is 385 g/mol. The molecule has 2 unspecified atom stereocenters. The SMILES string of the molecule is CC(NC(C)c1ccccc1Br)c1cc(Br)ccc1F. The Kier molecular flexibility index (Phi) is 5.35. The summed E-state index contributed by atoms with van der Waals surface area (Å²) in [5.74, 6) is -0.187. The molecule has 0 saturated heterocycles. The third kappa shape index (κ3) is 3.68. The Morgan fingerprint density at radius 1 is 0.950 bits per heavy atom. The summed E-state index contributed by atoms with van der Waals surface area (Å²) in [4.78, 5) is 0. The molecular formula is C16H16Br2FN. The molecule has 0 aliphatic rings. The van der Waals surface area contributed by atoms with Crippen LogP contribution in [0, 0.1) is 5.82 Å². The summed E-state index contributed by atoms with van der Waals surface area (Å²) in [7, 11) is 0. The Labute approximate surface area is 135 Å². The maximum atomic E-state index is 13.9. The molecule has 0 heterocycles. The highest BCUT2D eigenvalue weighted by Gasteiger charge is 2.16. The van der Waals surface area contributed by atoms with Crippen LogP contribution in [0.25, 0.3) is 0 Å². The highest BCUT2D eigenvalue weighted by molar-refractivity contribution is 9.10. The lowest BCUT2D eigenvalue weighted by molar-refractivity contribution is 0.473. The summed E-state index contributed by atoms with van der Waals surface area (Å²) >= 11 is 6.93. The van der Waals surface area contributed by atoms with Gasteiger partial charge in [0.1, 0.15) is 5.82 Å². The molecule has 0 aliphatic heterocycles. The standard InChI is InChI=1S/C16H16Br2FN/c1-10(13-5-3-4-6-15(13)18)20-11(2)14-9-12(17)7-8-16(14)19/h3-11,20H,1-2H3. The van der Waals surface area contributed by atoms with Gasteiger partial charge in [0.2, 0.25) is 0 Å². The Balaban J connectivity index is 2.17. The third-order valence-corrected chi connectivity index (χ3v) is 4.51. The number of hydrogen-bond donors (Lipinski definition) is 1. The quantitative estimate of drug-likeness (QED) is 0.687. The monoisotopic (exact) mass is 399 g/mol. The van der Waals surface area contributed by atoms with E-state index in [0.29, 0.717) is 5.56 Å². The molecule has 0 aliphatic carbocycles. The Morgan fingerprint density at radius 3 is 2.30 bits per heavy atom. The maximum absolute atomic E-state index is 13.9. The van der Waals surface area contributed by atoms with Crippen molar-refractivity contribution in [3.63, 3.8) is 0 Å². The van der Waals surface area contributed by atoms with Crippen LogP contribution in [0.5, 0.6) is 0 Å². The van der Waals surface area contributed by atoms with Crippen molar-refractivity contribution in [1.29, 1.82) is 0 Å². The fourth-order valence-corrected chi connectivity index (χ4v) is 3.23. The number of nitrogens with one attached hydrogen (secondary N) is 1. The van der Waals surface area contributed by atoms with Gasteiger partial charge in [-0.05, 0) is 43.7 Å². The van der Waals surface area contributed by atoms with E-state index in [0.717, 1.165) is 14.5 Å². The van der Waals surface area contributed by atoms with Crippen molar-refractivity contribution in [2.24, 2.45) is 0 Å². The summed E-state index contributed by atoms with van der Waals surface area (Å²) in [6.07, 6.45) is 0. The minimum atomic E-state index is -0.187. The summed E-state index contributed by atoms with van der Waals surface area (Å²) in [6, 6.07) is 13.1. The normalized spacial score (nSPS) is 14.1. The lowest BCUT2D eigenvalue weighted by Gasteiger charge is -2.22. The molecule has 1 N–H and O–H groups in total. The van der Waals surface area contributed by atoms with Crippen molar-refractivity contribution in [2.75, 3.05) is 0 Å². The van der Waals surface area contributed by atoms with E-state index in [-0.39, 0.29) is 17.9 Å². The van der Waals surface area contributed by atoms with Gasteiger partial charge in [-0.3, -0.25) is 0 Å². The lowest BCUT2D eigenvalue weighted by Crippen LogP contribution is -2.23. The van der Waals surface area contributed by atoms with Gasteiger partial charge in [-0.1, -0.05) is 50.1 Å². The molecule has 0 fully saturated rings. The van der Waals surface area contributed by atoms with Crippen LogP contribution >= 0.6 is 31.9 Å². The number of halogens is 3. The average Bonchev–Trinajstić information content (AvgIpc) is 2.41. The van der Waals surface area contributed by atoms with E-state index in [4.69, 9.17) is 0 Å². The van der Waals surface area contributed by atoms with Gasteiger partial charge >= 0.3 is 0 Å². The summed E-state index contributed by atoms with van der Waals surface area (Å²) in [5, 5.41) is 3.43. The van der Waals surface area contributed by atoms with Crippen LogP contribution in [-0.2, 0) is 0 Å². The van der Waals surface area contributed by atoms with Crippen molar-refractivity contribution in [2.45, 2.75) is 25.9 Å². The summed E-state index contributed by atoms with van der Waals surface area (Å²) < 4.78 is 15.8. The molecule has 0 bridgehead atoms. The highest BCUT2D eigenvalue weighted by atomic mass is 79.9. The minimum Gasteiger partial charge on any atom is -0.304 e. The van der Waals surface area contributed by atoms with Gasteiger partial charge in [-0.2, -0.15) is 0 Å². The predicted molar refractivity (Wildman–Crippen MR) is 88.2 cm³/mol. The average molecular weight is 401 g/mol. The first kappa shape index (κ1) is 15.7. The first-order valence-corrected chi connectivity index (χ1v) is 8.03. The zero-order valence-corrected chi connectivity index (χ0v) is 14.5. The highest BCUT2D eigenvalue weighted by Crippen LogP contribution is 2.27. The second-order valence-electron chi connectivity index (χ2n) is 4.80. The second kappa shape index (κ2) is 6.83. The van der Waals surface area contributed by atoms with E-state index in [1.165, 1.54) is 6.07 Å². The van der Waals surface area contributed by atoms with Gasteiger partial charge in [0.05, 0.1) is 0 Å². The second-order valence-corrected chi connectivity index (χ2v) is 6.57. The zero-order valence-electron chi connectivity index (χ0n) is 11.3. The van der Waals surface area contributed by atoms with Crippen LogP contribution in [0.3, 0.4) is 0 Å². The van der Waals surface area contributed by atoms with Crippen molar-refractivity contribution in [1.82, 2.24) is 5.32 Å². The Hall–Kier alpha value is -0.710. The van der Waals surface area contributed by atoms with Crippen LogP contribution in [-0.4, -0.2) is 0 Å². The lowest BCUT2D eigenvalue weighted by atomic mass is 10.0. The molecule has 2 aromatic carbocycles. The van der Waals surface area contributed by atoms with Crippen LogP contribution in [0.4, 0.5) is 4.39 Å². The van der Waals surface area contributed by atoms with E-state index < -0.39 is 0 Å². The molecule has 0 saturated carbocycles. The number of rotatable bonds is 4. The molecule has 2 rings (SSSR count). The van der Waals surface area contributed by atoms with Crippen molar-refractivity contribution in [3.8, 4) is 0 Å². The zero-order chi connectivity index (χ0) is 14.7. The van der Waals surface area contributed by atoms with Crippen molar-refractivity contribution >= 4 is 31.9 Å². The van der Waals surface area contributed by atoms with E-state index >= 15 is 0 Å². The molecule has 0 aromatic heterocycles. The van der Waals surface area contributed by atoms with Gasteiger partial charge in [0.25, 0.3) is 0 Å². The third-order valence-electron chi connectivity index (χ3n) is 3.30. The fraction of sp³-hybridized carbons (Fsp3) is 0.250. The van der Waals surface area contributed by atoms with Crippen molar-refractivity contribution < 1.29 is 4.39 Å². The number of hydrogen-bond acceptors (Lipinski definition) is 1. The van der Waals surface area contributed by atoms with Gasteiger partial charge in [-0.15, -0.1) is 0 Å². The van der Waals surface area contributed by atoms with Gasteiger partial charge in [0, 0.05) is 26.6 Å². The first-order valence-electron chi connectivity index (χ1n) is 6.44. The topological polar surface area (TPSA) is 12.0 Å². The molecule has 4 heteroatoms. The van der Waals surface area contributed by atoms with Crippen LogP contribution in [0.2, 0.25) is 0 Å². The molecule has 0 spiro atoms. The maximum Gasteiger partial charge on any atom is 0.128 e. The van der Waals surface area contributed by atoms with Crippen molar-refractivity contribution in [3.05, 3.63) is 68.4 Å². The first-order chi connectivity index (χ1) is 9.49. The molecule has 1 nitrogen and oxygen atoms in total. The minimum absolute atomic E-state index is 0.0744. The summed E-state index contributed by atoms with van der Waals surface area (Å²) in [6.45, 7) is 4.05. The van der Waals surface area contributed by atoms with Gasteiger partial charge < -0.3 is 5.32 Å². The van der Waals surface area contributed by atoms with Crippen LogP contribution in [0.1, 0.15) is 37.1 Å². The fourth-order valence-electron chi connectivity index (χ4n) is 2.23. The van der Waals surface area contributed by atoms with E-state index in [2.05, 4.69) is 50.2 Å². The van der Waals surface area contributed by atoms with Crippen LogP contribution in [0.15, 0.2) is 51.4 Å². The van der Waals surface area contributed by atoms with Gasteiger partial charge in [-0.25, -0.2) is 4.39 Å². The molecule has 0 amide bonds. The molecule has 106 valence electrons. The smallest absolute Gasteiger partial charge is 0.128 e.